The SMILES string of the molecule is N/C(Cc1nc2ccccc2n1C1CCCCCC1)=N/O. The van der Waals surface area contributed by atoms with E-state index in [1.807, 2.05) is 18.2 Å². The highest BCUT2D eigenvalue weighted by Crippen LogP contribution is 2.31. The van der Waals surface area contributed by atoms with Gasteiger partial charge in [-0.1, -0.05) is 43.0 Å². The molecule has 0 saturated heterocycles. The van der Waals surface area contributed by atoms with Crippen molar-refractivity contribution in [2.24, 2.45) is 10.9 Å². The number of hydrogen-bond acceptors (Lipinski definition) is 3. The molecule has 0 atom stereocenters. The molecular formula is C16H22N4O. The molecule has 21 heavy (non-hydrogen) atoms. The van der Waals surface area contributed by atoms with E-state index in [1.54, 1.807) is 0 Å². The number of oxime groups is 1. The Balaban J connectivity index is 2.05. The van der Waals surface area contributed by atoms with Crippen molar-refractivity contribution in [2.75, 3.05) is 0 Å². The van der Waals surface area contributed by atoms with Gasteiger partial charge in [0.25, 0.3) is 0 Å². The van der Waals surface area contributed by atoms with Gasteiger partial charge >= 0.3 is 0 Å². The van der Waals surface area contributed by atoms with Crippen molar-refractivity contribution in [1.82, 2.24) is 9.55 Å². The van der Waals surface area contributed by atoms with Crippen LogP contribution in [-0.2, 0) is 6.42 Å². The summed E-state index contributed by atoms with van der Waals surface area (Å²) in [5.74, 6) is 1.11. The number of para-hydroxylation sites is 2. The Labute approximate surface area is 124 Å². The van der Waals surface area contributed by atoms with E-state index in [0.29, 0.717) is 12.5 Å². The van der Waals surface area contributed by atoms with Gasteiger partial charge in [0.1, 0.15) is 11.7 Å². The summed E-state index contributed by atoms with van der Waals surface area (Å²) in [5, 5.41) is 11.9. The Morgan fingerprint density at radius 2 is 1.95 bits per heavy atom. The normalized spacial score (nSPS) is 18.0. The first-order valence-electron chi connectivity index (χ1n) is 7.72. The lowest BCUT2D eigenvalue weighted by Crippen LogP contribution is -2.20. The molecule has 1 aromatic carbocycles. The van der Waals surface area contributed by atoms with Crippen LogP contribution in [0.15, 0.2) is 29.4 Å². The molecule has 0 amide bonds. The van der Waals surface area contributed by atoms with Crippen molar-refractivity contribution in [2.45, 2.75) is 51.0 Å². The summed E-state index contributed by atoms with van der Waals surface area (Å²) in [6.07, 6.45) is 7.92. The van der Waals surface area contributed by atoms with Crippen LogP contribution in [0, 0.1) is 0 Å². The van der Waals surface area contributed by atoms with Crippen LogP contribution in [-0.4, -0.2) is 20.6 Å². The molecule has 0 aliphatic heterocycles. The number of amidine groups is 1. The van der Waals surface area contributed by atoms with Crippen LogP contribution >= 0.6 is 0 Å². The standard InChI is InChI=1S/C16H22N4O/c17-15(19-21)11-16-18-13-9-5-6-10-14(13)20(16)12-7-3-1-2-4-8-12/h5-6,9-10,12,21H,1-4,7-8,11H2,(H2,17,19). The first-order chi connectivity index (χ1) is 10.3. The van der Waals surface area contributed by atoms with Gasteiger partial charge in [-0.25, -0.2) is 4.98 Å². The van der Waals surface area contributed by atoms with E-state index >= 15 is 0 Å². The molecule has 5 heteroatoms. The zero-order chi connectivity index (χ0) is 14.7. The third-order valence-corrected chi connectivity index (χ3v) is 4.33. The van der Waals surface area contributed by atoms with E-state index in [9.17, 15) is 0 Å². The summed E-state index contributed by atoms with van der Waals surface area (Å²) in [6.45, 7) is 0. The summed E-state index contributed by atoms with van der Waals surface area (Å²) in [5.41, 5.74) is 7.85. The van der Waals surface area contributed by atoms with Crippen molar-refractivity contribution in [3.8, 4) is 0 Å². The van der Waals surface area contributed by atoms with Gasteiger partial charge in [-0.2, -0.15) is 0 Å². The van der Waals surface area contributed by atoms with Crippen LogP contribution < -0.4 is 5.73 Å². The van der Waals surface area contributed by atoms with Gasteiger partial charge in [0, 0.05) is 6.04 Å². The van der Waals surface area contributed by atoms with Crippen LogP contribution in [0.3, 0.4) is 0 Å². The molecule has 1 heterocycles. The van der Waals surface area contributed by atoms with Gasteiger partial charge in [-0.15, -0.1) is 0 Å². The molecule has 1 aliphatic rings. The Bertz CT molecular complexity index is 639. The Morgan fingerprint density at radius 3 is 2.67 bits per heavy atom. The molecule has 5 nitrogen and oxygen atoms in total. The van der Waals surface area contributed by atoms with Crippen molar-refractivity contribution in [3.63, 3.8) is 0 Å². The molecule has 1 saturated carbocycles. The maximum absolute atomic E-state index is 8.84. The number of fused-ring (bicyclic) bond motifs is 1. The third-order valence-electron chi connectivity index (χ3n) is 4.33. The van der Waals surface area contributed by atoms with Crippen LogP contribution in [0.5, 0.6) is 0 Å². The average molecular weight is 286 g/mol. The first-order valence-corrected chi connectivity index (χ1v) is 7.72. The zero-order valence-electron chi connectivity index (χ0n) is 12.2. The van der Waals surface area contributed by atoms with E-state index in [4.69, 9.17) is 15.9 Å². The molecule has 3 rings (SSSR count). The van der Waals surface area contributed by atoms with Crippen molar-refractivity contribution < 1.29 is 5.21 Å². The summed E-state index contributed by atoms with van der Waals surface area (Å²) in [6, 6.07) is 8.66. The highest BCUT2D eigenvalue weighted by molar-refractivity contribution is 5.83. The third kappa shape index (κ3) is 2.86. The van der Waals surface area contributed by atoms with Gasteiger partial charge < -0.3 is 15.5 Å². The van der Waals surface area contributed by atoms with Crippen LogP contribution in [0.25, 0.3) is 11.0 Å². The average Bonchev–Trinajstić information content (AvgIpc) is 2.68. The zero-order valence-corrected chi connectivity index (χ0v) is 12.2. The molecule has 1 fully saturated rings. The Hall–Kier alpha value is -2.04. The number of imidazole rings is 1. The Kier molecular flexibility index (Phi) is 4.08. The summed E-state index contributed by atoms with van der Waals surface area (Å²) < 4.78 is 2.32. The molecule has 1 aromatic heterocycles. The fraction of sp³-hybridized carbons (Fsp3) is 0.500. The van der Waals surface area contributed by atoms with Crippen molar-refractivity contribution in [1.29, 1.82) is 0 Å². The first kappa shape index (κ1) is 13.9. The quantitative estimate of drug-likeness (QED) is 0.299. The van der Waals surface area contributed by atoms with Gasteiger partial charge in [-0.3, -0.25) is 0 Å². The lowest BCUT2D eigenvalue weighted by atomic mass is 10.1. The molecule has 0 spiro atoms. The van der Waals surface area contributed by atoms with Gasteiger partial charge in [-0.05, 0) is 25.0 Å². The summed E-state index contributed by atoms with van der Waals surface area (Å²) in [7, 11) is 0. The number of rotatable bonds is 3. The molecule has 0 unspecified atom stereocenters. The number of hydrogen-bond donors (Lipinski definition) is 2. The minimum absolute atomic E-state index is 0.208. The molecule has 0 bridgehead atoms. The summed E-state index contributed by atoms with van der Waals surface area (Å²) >= 11 is 0. The number of nitrogens with zero attached hydrogens (tertiary/aromatic N) is 3. The highest BCUT2D eigenvalue weighted by Gasteiger charge is 2.20. The van der Waals surface area contributed by atoms with Gasteiger partial charge in [0.05, 0.1) is 17.5 Å². The van der Waals surface area contributed by atoms with Crippen LogP contribution in [0.2, 0.25) is 0 Å². The molecule has 2 aromatic rings. The lowest BCUT2D eigenvalue weighted by molar-refractivity contribution is 0.317. The number of nitrogens with two attached hydrogens (primary N) is 1. The van der Waals surface area contributed by atoms with E-state index < -0.39 is 0 Å². The number of aromatic nitrogens is 2. The maximum atomic E-state index is 8.84. The number of benzene rings is 1. The minimum Gasteiger partial charge on any atom is -0.409 e. The maximum Gasteiger partial charge on any atom is 0.146 e. The topological polar surface area (TPSA) is 76.4 Å². The van der Waals surface area contributed by atoms with Gasteiger partial charge in [0.2, 0.25) is 0 Å². The predicted molar refractivity (Wildman–Crippen MR) is 83.6 cm³/mol. The second-order valence-corrected chi connectivity index (χ2v) is 5.80. The molecule has 1 aliphatic carbocycles. The fourth-order valence-electron chi connectivity index (χ4n) is 3.34. The van der Waals surface area contributed by atoms with E-state index in [2.05, 4.69) is 15.8 Å². The largest absolute Gasteiger partial charge is 0.409 e. The highest BCUT2D eigenvalue weighted by atomic mass is 16.4. The fourth-order valence-corrected chi connectivity index (χ4v) is 3.34. The summed E-state index contributed by atoms with van der Waals surface area (Å²) in [4.78, 5) is 4.70. The molecular weight excluding hydrogens is 264 g/mol. The van der Waals surface area contributed by atoms with E-state index in [0.717, 1.165) is 16.9 Å². The van der Waals surface area contributed by atoms with Crippen molar-refractivity contribution >= 4 is 16.9 Å². The van der Waals surface area contributed by atoms with E-state index in [-0.39, 0.29) is 5.84 Å². The van der Waals surface area contributed by atoms with Crippen molar-refractivity contribution in [3.05, 3.63) is 30.1 Å². The molecule has 0 radical (unpaired) electrons. The van der Waals surface area contributed by atoms with E-state index in [1.165, 1.54) is 38.5 Å². The van der Waals surface area contributed by atoms with Crippen LogP contribution in [0.4, 0.5) is 0 Å². The smallest absolute Gasteiger partial charge is 0.146 e. The second-order valence-electron chi connectivity index (χ2n) is 5.80. The lowest BCUT2D eigenvalue weighted by Gasteiger charge is -2.20. The minimum atomic E-state index is 0.208. The van der Waals surface area contributed by atoms with Gasteiger partial charge in [0.15, 0.2) is 0 Å². The van der Waals surface area contributed by atoms with Crippen LogP contribution in [0.1, 0.15) is 50.4 Å². The molecule has 112 valence electrons. The predicted octanol–water partition coefficient (Wildman–Crippen LogP) is 3.22. The monoisotopic (exact) mass is 286 g/mol. The second kappa shape index (κ2) is 6.16. The Morgan fingerprint density at radius 1 is 1.24 bits per heavy atom. The molecule has 3 N–H and O–H groups in total.